The lowest BCUT2D eigenvalue weighted by molar-refractivity contribution is -0.126. The minimum absolute atomic E-state index is 0.130. The number of nitrogens with one attached hydrogen (secondary N) is 1. The van der Waals surface area contributed by atoms with Crippen molar-refractivity contribution in [3.05, 3.63) is 54.1 Å². The number of hydrogen-bond acceptors (Lipinski definition) is 5. The van der Waals surface area contributed by atoms with Crippen molar-refractivity contribution in [3.63, 3.8) is 0 Å². The lowest BCUT2D eigenvalue weighted by Gasteiger charge is -2.35. The van der Waals surface area contributed by atoms with Crippen molar-refractivity contribution in [1.29, 1.82) is 0 Å². The minimum atomic E-state index is -3.76. The summed E-state index contributed by atoms with van der Waals surface area (Å²) in [6, 6.07) is 14.5. The van der Waals surface area contributed by atoms with Crippen LogP contribution in [0.3, 0.4) is 0 Å². The smallest absolute Gasteiger partial charge is 0.304 e. The molecule has 0 radical (unpaired) electrons. The van der Waals surface area contributed by atoms with Gasteiger partial charge < -0.3 is 14.8 Å². The molecule has 1 atom stereocenters. The second-order valence-electron chi connectivity index (χ2n) is 7.86. The van der Waals surface area contributed by atoms with Crippen LogP contribution in [0.4, 0.5) is 5.69 Å². The molecule has 1 aliphatic rings. The molecule has 0 aromatic heterocycles. The number of hydrogen-bond donors (Lipinski definition) is 1. The largest absolute Gasteiger partial charge is 0.497 e. The quantitative estimate of drug-likeness (QED) is 0.570. The second kappa shape index (κ2) is 11.4. The maximum Gasteiger partial charge on any atom is 0.304 e. The van der Waals surface area contributed by atoms with Crippen molar-refractivity contribution in [2.75, 3.05) is 37.7 Å². The first-order valence-electron chi connectivity index (χ1n) is 11.3. The van der Waals surface area contributed by atoms with E-state index in [9.17, 15) is 13.2 Å². The summed E-state index contributed by atoms with van der Waals surface area (Å²) in [6.07, 6.45) is 1.30. The van der Waals surface area contributed by atoms with E-state index in [1.54, 1.807) is 38.3 Å². The zero-order chi connectivity index (χ0) is 23.8. The Hall–Kier alpha value is -2.78. The predicted octanol–water partition coefficient (Wildman–Crippen LogP) is 3.19. The molecule has 9 heteroatoms. The van der Waals surface area contributed by atoms with Gasteiger partial charge in [0.15, 0.2) is 0 Å². The number of nitrogens with zero attached hydrogens (tertiary/aromatic N) is 2. The van der Waals surface area contributed by atoms with Gasteiger partial charge in [-0.1, -0.05) is 12.1 Å². The number of ether oxygens (including phenoxy) is 2. The highest BCUT2D eigenvalue weighted by Crippen LogP contribution is 2.27. The van der Waals surface area contributed by atoms with Gasteiger partial charge in [-0.15, -0.1) is 0 Å². The van der Waals surface area contributed by atoms with Crippen molar-refractivity contribution in [2.24, 2.45) is 5.92 Å². The Kier molecular flexibility index (Phi) is 8.57. The number of piperidine rings is 1. The van der Waals surface area contributed by atoms with Gasteiger partial charge in [-0.3, -0.25) is 9.10 Å². The van der Waals surface area contributed by atoms with Crippen LogP contribution in [-0.4, -0.2) is 52.0 Å². The van der Waals surface area contributed by atoms with Gasteiger partial charge in [0, 0.05) is 26.2 Å². The molecule has 33 heavy (non-hydrogen) atoms. The van der Waals surface area contributed by atoms with Crippen molar-refractivity contribution < 1.29 is 22.7 Å². The summed E-state index contributed by atoms with van der Waals surface area (Å²) in [5.74, 6) is 0.938. The van der Waals surface area contributed by atoms with Gasteiger partial charge in [0.1, 0.15) is 11.5 Å². The number of carbonyl (C=O) groups excluding carboxylic acids is 1. The van der Waals surface area contributed by atoms with E-state index < -0.39 is 10.2 Å². The summed E-state index contributed by atoms with van der Waals surface area (Å²) in [6.45, 7) is 5.50. The first-order valence-corrected chi connectivity index (χ1v) is 12.7. The normalized spacial score (nSPS) is 16.8. The molecular formula is C24H33N3O5S. The van der Waals surface area contributed by atoms with E-state index in [0.717, 1.165) is 11.3 Å². The molecule has 0 saturated carbocycles. The predicted molar refractivity (Wildman–Crippen MR) is 129 cm³/mol. The molecule has 0 bridgehead atoms. The molecule has 1 N–H and O–H groups in total. The van der Waals surface area contributed by atoms with Crippen LogP contribution in [0.25, 0.3) is 0 Å². The third-order valence-electron chi connectivity index (χ3n) is 5.71. The van der Waals surface area contributed by atoms with Crippen LogP contribution in [-0.2, 0) is 21.5 Å². The molecular weight excluding hydrogens is 442 g/mol. The first-order chi connectivity index (χ1) is 15.9. The third-order valence-corrected chi connectivity index (χ3v) is 7.72. The fourth-order valence-corrected chi connectivity index (χ4v) is 5.66. The average Bonchev–Trinajstić information content (AvgIpc) is 2.84. The van der Waals surface area contributed by atoms with E-state index in [4.69, 9.17) is 9.47 Å². The summed E-state index contributed by atoms with van der Waals surface area (Å²) in [4.78, 5) is 12.8. The van der Waals surface area contributed by atoms with Gasteiger partial charge >= 0.3 is 10.2 Å². The maximum absolute atomic E-state index is 13.4. The summed E-state index contributed by atoms with van der Waals surface area (Å²) in [7, 11) is -2.16. The molecule has 8 nitrogen and oxygen atoms in total. The van der Waals surface area contributed by atoms with Crippen LogP contribution in [0, 0.1) is 5.92 Å². The lowest BCUT2D eigenvalue weighted by atomic mass is 9.99. The highest BCUT2D eigenvalue weighted by atomic mass is 32.2. The molecule has 3 rings (SSSR count). The highest BCUT2D eigenvalue weighted by molar-refractivity contribution is 7.90. The minimum Gasteiger partial charge on any atom is -0.497 e. The standard InChI is InChI=1S/C24H33N3O5S/c1-4-27(21-10-14-23(15-11-21)32-5-2)33(29,30)26-16-6-7-20(18-26)24(28)25-17-19-8-12-22(31-3)13-9-19/h8-15,20H,4-7,16-18H2,1-3H3,(H,25,28). The van der Waals surface area contributed by atoms with E-state index in [1.807, 2.05) is 31.2 Å². The molecule has 1 fully saturated rings. The van der Waals surface area contributed by atoms with E-state index >= 15 is 0 Å². The number of rotatable bonds is 10. The molecule has 1 saturated heterocycles. The molecule has 0 spiro atoms. The van der Waals surface area contributed by atoms with Crippen LogP contribution < -0.4 is 19.1 Å². The van der Waals surface area contributed by atoms with E-state index in [2.05, 4.69) is 5.32 Å². The zero-order valence-electron chi connectivity index (χ0n) is 19.5. The summed E-state index contributed by atoms with van der Waals surface area (Å²) >= 11 is 0. The second-order valence-corrected chi connectivity index (χ2v) is 9.72. The molecule has 1 amide bonds. The number of carbonyl (C=O) groups is 1. The SMILES string of the molecule is CCOc1ccc(N(CC)S(=O)(=O)N2CCCC(C(=O)NCc3ccc(OC)cc3)C2)cc1. The number of amides is 1. The van der Waals surface area contributed by atoms with Crippen LogP contribution in [0.5, 0.6) is 11.5 Å². The number of benzene rings is 2. The fraction of sp³-hybridized carbons (Fsp3) is 0.458. The molecule has 0 aliphatic carbocycles. The van der Waals surface area contributed by atoms with Gasteiger partial charge in [-0.2, -0.15) is 12.7 Å². The third kappa shape index (κ3) is 6.17. The Balaban J connectivity index is 1.64. The monoisotopic (exact) mass is 475 g/mol. The Morgan fingerprint density at radius 2 is 1.76 bits per heavy atom. The van der Waals surface area contributed by atoms with Crippen molar-refractivity contribution in [1.82, 2.24) is 9.62 Å². The van der Waals surface area contributed by atoms with E-state index in [-0.39, 0.29) is 18.4 Å². The van der Waals surface area contributed by atoms with Crippen LogP contribution in [0.1, 0.15) is 32.3 Å². The molecule has 1 heterocycles. The number of methoxy groups -OCH3 is 1. The van der Waals surface area contributed by atoms with Gasteiger partial charge in [0.2, 0.25) is 5.91 Å². The maximum atomic E-state index is 13.4. The van der Waals surface area contributed by atoms with Crippen molar-refractivity contribution in [3.8, 4) is 11.5 Å². The number of anilines is 1. The fourth-order valence-electron chi connectivity index (χ4n) is 3.94. The highest BCUT2D eigenvalue weighted by Gasteiger charge is 2.35. The Labute approximate surface area is 196 Å². The Morgan fingerprint density at radius 1 is 1.09 bits per heavy atom. The summed E-state index contributed by atoms with van der Waals surface area (Å²) in [5, 5.41) is 2.94. The molecule has 1 unspecified atom stereocenters. The molecule has 2 aromatic carbocycles. The van der Waals surface area contributed by atoms with Crippen LogP contribution in [0.15, 0.2) is 48.5 Å². The van der Waals surface area contributed by atoms with Crippen LogP contribution >= 0.6 is 0 Å². The van der Waals surface area contributed by atoms with Gasteiger partial charge in [-0.25, -0.2) is 0 Å². The van der Waals surface area contributed by atoms with Gasteiger partial charge in [0.05, 0.1) is 25.3 Å². The summed E-state index contributed by atoms with van der Waals surface area (Å²) in [5.41, 5.74) is 1.53. The molecule has 180 valence electrons. The van der Waals surface area contributed by atoms with Gasteiger partial charge in [0.25, 0.3) is 0 Å². The molecule has 2 aromatic rings. The topological polar surface area (TPSA) is 88.2 Å². The Morgan fingerprint density at radius 3 is 2.36 bits per heavy atom. The summed E-state index contributed by atoms with van der Waals surface area (Å²) < 4.78 is 40.2. The van der Waals surface area contributed by atoms with Crippen molar-refractivity contribution >= 4 is 21.8 Å². The lowest BCUT2D eigenvalue weighted by Crippen LogP contribution is -2.50. The van der Waals surface area contributed by atoms with Crippen molar-refractivity contribution in [2.45, 2.75) is 33.2 Å². The average molecular weight is 476 g/mol. The Bertz CT molecular complexity index is 1010. The van der Waals surface area contributed by atoms with E-state index in [1.165, 1.54) is 8.61 Å². The molecule has 1 aliphatic heterocycles. The first kappa shape index (κ1) is 24.9. The zero-order valence-corrected chi connectivity index (χ0v) is 20.3. The van der Waals surface area contributed by atoms with E-state index in [0.29, 0.717) is 50.5 Å². The van der Waals surface area contributed by atoms with Gasteiger partial charge in [-0.05, 0) is 68.7 Å². The van der Waals surface area contributed by atoms with Crippen LogP contribution in [0.2, 0.25) is 0 Å².